The summed E-state index contributed by atoms with van der Waals surface area (Å²) >= 11 is 0. The maximum Gasteiger partial charge on any atom is 0.333 e. The van der Waals surface area contributed by atoms with Crippen molar-refractivity contribution < 1.29 is 0 Å². The van der Waals surface area contributed by atoms with Crippen molar-refractivity contribution >= 4 is 21.9 Å². The standard InChI is InChI=1S/C14H9N5O/c20-14-18-11-8-17-10-5-2-1-4-9(10)12(11)19(14)13-15-6-3-7-16-13/h1-8H,(H,18,20). The Labute approximate surface area is 112 Å². The predicted molar refractivity (Wildman–Crippen MR) is 74.8 cm³/mol. The lowest BCUT2D eigenvalue weighted by Gasteiger charge is -2.03. The molecule has 0 bridgehead atoms. The molecule has 20 heavy (non-hydrogen) atoms. The average molecular weight is 263 g/mol. The minimum absolute atomic E-state index is 0.274. The molecule has 0 atom stereocenters. The van der Waals surface area contributed by atoms with Gasteiger partial charge in [-0.2, -0.15) is 0 Å². The Bertz CT molecular complexity index is 971. The van der Waals surface area contributed by atoms with E-state index in [1.54, 1.807) is 24.7 Å². The molecule has 0 amide bonds. The summed E-state index contributed by atoms with van der Waals surface area (Å²) in [6.07, 6.45) is 4.87. The fraction of sp³-hybridized carbons (Fsp3) is 0. The molecule has 6 heteroatoms. The Morgan fingerprint density at radius 3 is 2.65 bits per heavy atom. The number of aromatic nitrogens is 5. The third-order valence-corrected chi connectivity index (χ3v) is 3.17. The highest BCUT2D eigenvalue weighted by molar-refractivity contribution is 6.02. The van der Waals surface area contributed by atoms with Crippen LogP contribution in [0.2, 0.25) is 0 Å². The molecule has 0 radical (unpaired) electrons. The first-order chi connectivity index (χ1) is 9.84. The van der Waals surface area contributed by atoms with Crippen molar-refractivity contribution in [1.29, 1.82) is 0 Å². The van der Waals surface area contributed by atoms with Gasteiger partial charge in [-0.05, 0) is 12.1 Å². The molecule has 1 aromatic carbocycles. The van der Waals surface area contributed by atoms with Crippen molar-refractivity contribution in [3.63, 3.8) is 0 Å². The van der Waals surface area contributed by atoms with E-state index in [1.165, 1.54) is 4.57 Å². The molecular formula is C14H9N5O. The number of fused-ring (bicyclic) bond motifs is 3. The van der Waals surface area contributed by atoms with Crippen molar-refractivity contribution in [3.05, 3.63) is 59.4 Å². The summed E-state index contributed by atoms with van der Waals surface area (Å²) in [5.74, 6) is 0.347. The molecule has 3 aromatic heterocycles. The van der Waals surface area contributed by atoms with Crippen molar-refractivity contribution in [2.75, 3.05) is 0 Å². The molecule has 0 aliphatic heterocycles. The lowest BCUT2D eigenvalue weighted by molar-refractivity contribution is 0.910. The van der Waals surface area contributed by atoms with E-state index in [4.69, 9.17) is 0 Å². The summed E-state index contributed by atoms with van der Waals surface area (Å²) < 4.78 is 1.47. The van der Waals surface area contributed by atoms with Gasteiger partial charge in [0.15, 0.2) is 0 Å². The van der Waals surface area contributed by atoms with E-state index >= 15 is 0 Å². The number of hydrogen-bond acceptors (Lipinski definition) is 4. The van der Waals surface area contributed by atoms with Crippen molar-refractivity contribution in [2.45, 2.75) is 0 Å². The van der Waals surface area contributed by atoms with Crippen molar-refractivity contribution in [1.82, 2.24) is 24.5 Å². The minimum Gasteiger partial charge on any atom is -0.304 e. The molecule has 0 saturated carbocycles. The second-order valence-corrected chi connectivity index (χ2v) is 4.35. The van der Waals surface area contributed by atoms with Gasteiger partial charge < -0.3 is 4.98 Å². The first-order valence-corrected chi connectivity index (χ1v) is 6.10. The van der Waals surface area contributed by atoms with Crippen LogP contribution in [0.4, 0.5) is 0 Å². The number of nitrogens with one attached hydrogen (secondary N) is 1. The van der Waals surface area contributed by atoms with Crippen LogP contribution in [0.1, 0.15) is 0 Å². The predicted octanol–water partition coefficient (Wildman–Crippen LogP) is 1.66. The molecule has 1 N–H and O–H groups in total. The number of aromatic amines is 1. The third kappa shape index (κ3) is 1.45. The number of rotatable bonds is 1. The van der Waals surface area contributed by atoms with Crippen LogP contribution in [0.15, 0.2) is 53.7 Å². The summed E-state index contributed by atoms with van der Waals surface area (Å²) in [7, 11) is 0. The normalized spacial score (nSPS) is 11.2. The van der Waals surface area contributed by atoms with E-state index in [0.717, 1.165) is 16.4 Å². The van der Waals surface area contributed by atoms with E-state index in [1.807, 2.05) is 24.3 Å². The summed E-state index contributed by atoms with van der Waals surface area (Å²) in [5, 5.41) is 0.885. The second-order valence-electron chi connectivity index (χ2n) is 4.35. The summed E-state index contributed by atoms with van der Waals surface area (Å²) in [5.41, 5.74) is 1.96. The van der Waals surface area contributed by atoms with Crippen LogP contribution in [-0.4, -0.2) is 24.5 Å². The molecule has 0 aliphatic carbocycles. The van der Waals surface area contributed by atoms with Crippen LogP contribution in [0.3, 0.4) is 0 Å². The van der Waals surface area contributed by atoms with Crippen LogP contribution in [0.5, 0.6) is 0 Å². The van der Waals surface area contributed by atoms with Gasteiger partial charge in [0, 0.05) is 17.8 Å². The van der Waals surface area contributed by atoms with Crippen LogP contribution in [-0.2, 0) is 0 Å². The van der Waals surface area contributed by atoms with Crippen LogP contribution in [0.25, 0.3) is 27.9 Å². The summed E-state index contributed by atoms with van der Waals surface area (Å²) in [4.78, 5) is 27.6. The number of para-hydroxylation sites is 1. The lowest BCUT2D eigenvalue weighted by atomic mass is 10.2. The second kappa shape index (κ2) is 3.99. The fourth-order valence-corrected chi connectivity index (χ4v) is 2.33. The molecule has 0 saturated heterocycles. The number of hydrogen-bond donors (Lipinski definition) is 1. The first-order valence-electron chi connectivity index (χ1n) is 6.10. The molecule has 0 fully saturated rings. The zero-order valence-corrected chi connectivity index (χ0v) is 10.3. The van der Waals surface area contributed by atoms with E-state index in [9.17, 15) is 4.79 Å². The SMILES string of the molecule is O=c1[nH]c2cnc3ccccc3c2n1-c1ncccn1. The number of benzene rings is 1. The van der Waals surface area contributed by atoms with Gasteiger partial charge in [-0.15, -0.1) is 0 Å². The smallest absolute Gasteiger partial charge is 0.304 e. The molecule has 0 aliphatic rings. The number of H-pyrrole nitrogens is 1. The van der Waals surface area contributed by atoms with Crippen LogP contribution in [0, 0.1) is 0 Å². The van der Waals surface area contributed by atoms with Crippen LogP contribution < -0.4 is 5.69 Å². The molecule has 96 valence electrons. The molecule has 0 spiro atoms. The average Bonchev–Trinajstić information content (AvgIpc) is 2.84. The van der Waals surface area contributed by atoms with E-state index < -0.39 is 0 Å². The van der Waals surface area contributed by atoms with Gasteiger partial charge in [-0.25, -0.2) is 19.3 Å². The Balaban J connectivity index is 2.23. The van der Waals surface area contributed by atoms with Crippen molar-refractivity contribution in [2.24, 2.45) is 0 Å². The maximum atomic E-state index is 12.2. The van der Waals surface area contributed by atoms with Gasteiger partial charge >= 0.3 is 5.69 Å². The fourth-order valence-electron chi connectivity index (χ4n) is 2.33. The van der Waals surface area contributed by atoms with Gasteiger partial charge in [0.05, 0.1) is 22.7 Å². The van der Waals surface area contributed by atoms with Gasteiger partial charge in [0.1, 0.15) is 0 Å². The zero-order chi connectivity index (χ0) is 13.5. The van der Waals surface area contributed by atoms with Gasteiger partial charge in [0.2, 0.25) is 5.95 Å². The molecular weight excluding hydrogens is 254 g/mol. The number of pyridine rings is 1. The Morgan fingerprint density at radius 2 is 1.80 bits per heavy atom. The minimum atomic E-state index is -0.274. The first kappa shape index (κ1) is 10.9. The Hall–Kier alpha value is -3.02. The van der Waals surface area contributed by atoms with E-state index in [2.05, 4.69) is 19.9 Å². The molecule has 4 rings (SSSR count). The van der Waals surface area contributed by atoms with E-state index in [-0.39, 0.29) is 5.69 Å². The summed E-state index contributed by atoms with van der Waals surface area (Å²) in [6.45, 7) is 0. The third-order valence-electron chi connectivity index (χ3n) is 3.17. The van der Waals surface area contributed by atoms with Gasteiger partial charge in [-0.1, -0.05) is 18.2 Å². The molecule has 0 unspecified atom stereocenters. The monoisotopic (exact) mass is 263 g/mol. The molecule has 3 heterocycles. The zero-order valence-electron chi connectivity index (χ0n) is 10.3. The highest BCUT2D eigenvalue weighted by Gasteiger charge is 2.13. The maximum absolute atomic E-state index is 12.2. The summed E-state index contributed by atoms with van der Waals surface area (Å²) in [6, 6.07) is 9.37. The highest BCUT2D eigenvalue weighted by Crippen LogP contribution is 2.22. The van der Waals surface area contributed by atoms with Gasteiger partial charge in [0.25, 0.3) is 0 Å². The van der Waals surface area contributed by atoms with Gasteiger partial charge in [-0.3, -0.25) is 4.98 Å². The van der Waals surface area contributed by atoms with E-state index in [0.29, 0.717) is 11.5 Å². The lowest BCUT2D eigenvalue weighted by Crippen LogP contribution is -2.16. The number of imidazole rings is 1. The Kier molecular flexibility index (Phi) is 2.17. The topological polar surface area (TPSA) is 76.5 Å². The molecule has 6 nitrogen and oxygen atoms in total. The Morgan fingerprint density at radius 1 is 1.00 bits per heavy atom. The highest BCUT2D eigenvalue weighted by atomic mass is 16.1. The van der Waals surface area contributed by atoms with Crippen LogP contribution >= 0.6 is 0 Å². The van der Waals surface area contributed by atoms with Crippen molar-refractivity contribution in [3.8, 4) is 5.95 Å². The quantitative estimate of drug-likeness (QED) is 0.566. The number of nitrogens with zero attached hydrogens (tertiary/aromatic N) is 4. The molecule has 4 aromatic rings. The largest absolute Gasteiger partial charge is 0.333 e.